The number of nitrogens with zero attached hydrogens (tertiary/aromatic N) is 1. The minimum absolute atomic E-state index is 0.482. The second kappa shape index (κ2) is 9.35. The van der Waals surface area contributed by atoms with Crippen LogP contribution < -0.4 is 14.2 Å². The molecule has 2 rings (SSSR count). The highest BCUT2D eigenvalue weighted by molar-refractivity contribution is 5.84. The molecule has 0 bridgehead atoms. The predicted molar refractivity (Wildman–Crippen MR) is 89.6 cm³/mol. The number of rotatable bonds is 9. The number of oxime groups is 1. The fraction of sp³-hybridized carbons (Fsp3) is 0.278. The third kappa shape index (κ3) is 5.21. The molecule has 0 N–H and O–H groups in total. The summed E-state index contributed by atoms with van der Waals surface area (Å²) in [5.41, 5.74) is 0.799. The molecular weight excluding hydrogens is 294 g/mol. The van der Waals surface area contributed by atoms with E-state index in [4.69, 9.17) is 19.0 Å². The molecule has 0 aromatic heterocycles. The van der Waals surface area contributed by atoms with E-state index >= 15 is 0 Å². The van der Waals surface area contributed by atoms with Crippen LogP contribution in [0, 0.1) is 0 Å². The van der Waals surface area contributed by atoms with Crippen molar-refractivity contribution in [2.75, 3.05) is 27.4 Å². The van der Waals surface area contributed by atoms with E-state index in [2.05, 4.69) is 5.16 Å². The number of benzene rings is 2. The minimum atomic E-state index is 0.482. The summed E-state index contributed by atoms with van der Waals surface area (Å²) in [6, 6.07) is 15.3. The summed E-state index contributed by atoms with van der Waals surface area (Å²) >= 11 is 0. The lowest BCUT2D eigenvalue weighted by molar-refractivity contribution is 0.129. The molecular formula is C18H21NO4. The van der Waals surface area contributed by atoms with Gasteiger partial charge >= 0.3 is 0 Å². The summed E-state index contributed by atoms with van der Waals surface area (Å²) in [5, 5.41) is 3.95. The smallest absolute Gasteiger partial charge is 0.169 e. The lowest BCUT2D eigenvalue weighted by atomic mass is 10.2. The van der Waals surface area contributed by atoms with E-state index in [0.717, 1.165) is 17.7 Å². The Hall–Kier alpha value is -2.69. The standard InChI is InChI=1S/C18H21NO4/c1-20-17-11-6-8-15(18(17)21-2)14-19-23-13-7-12-22-16-9-4-3-5-10-16/h3-6,8-11,14H,7,12-13H2,1-2H3. The zero-order valence-corrected chi connectivity index (χ0v) is 13.4. The van der Waals surface area contributed by atoms with Crippen molar-refractivity contribution in [1.82, 2.24) is 0 Å². The van der Waals surface area contributed by atoms with E-state index in [1.54, 1.807) is 20.4 Å². The lowest BCUT2D eigenvalue weighted by Gasteiger charge is -2.09. The summed E-state index contributed by atoms with van der Waals surface area (Å²) in [7, 11) is 3.19. The normalized spacial score (nSPS) is 10.5. The van der Waals surface area contributed by atoms with Gasteiger partial charge in [-0.2, -0.15) is 0 Å². The van der Waals surface area contributed by atoms with Crippen LogP contribution in [0.2, 0.25) is 0 Å². The van der Waals surface area contributed by atoms with Crippen LogP contribution in [-0.4, -0.2) is 33.6 Å². The lowest BCUT2D eigenvalue weighted by Crippen LogP contribution is -2.01. The van der Waals surface area contributed by atoms with Crippen molar-refractivity contribution in [2.24, 2.45) is 5.16 Å². The Morgan fingerprint density at radius 2 is 1.74 bits per heavy atom. The topological polar surface area (TPSA) is 49.3 Å². The van der Waals surface area contributed by atoms with Gasteiger partial charge in [-0.25, -0.2) is 0 Å². The Labute approximate surface area is 136 Å². The number of para-hydroxylation sites is 2. The van der Waals surface area contributed by atoms with Gasteiger partial charge in [-0.3, -0.25) is 0 Å². The van der Waals surface area contributed by atoms with Crippen LogP contribution in [0.1, 0.15) is 12.0 Å². The summed E-state index contributed by atoms with van der Waals surface area (Å²) in [6.07, 6.45) is 2.36. The van der Waals surface area contributed by atoms with Gasteiger partial charge in [0.25, 0.3) is 0 Å². The van der Waals surface area contributed by atoms with Gasteiger partial charge in [0, 0.05) is 12.0 Å². The van der Waals surface area contributed by atoms with Gasteiger partial charge in [0.2, 0.25) is 0 Å². The molecule has 5 nitrogen and oxygen atoms in total. The van der Waals surface area contributed by atoms with Crippen LogP contribution in [0.25, 0.3) is 0 Å². The van der Waals surface area contributed by atoms with Crippen molar-refractivity contribution in [3.63, 3.8) is 0 Å². The monoisotopic (exact) mass is 315 g/mol. The van der Waals surface area contributed by atoms with Crippen LogP contribution in [-0.2, 0) is 4.84 Å². The average Bonchev–Trinajstić information content (AvgIpc) is 2.61. The summed E-state index contributed by atoms with van der Waals surface area (Å²) in [5.74, 6) is 2.15. The number of methoxy groups -OCH3 is 2. The molecule has 23 heavy (non-hydrogen) atoms. The first-order valence-corrected chi connectivity index (χ1v) is 7.39. The van der Waals surface area contributed by atoms with Crippen LogP contribution in [0.3, 0.4) is 0 Å². The third-order valence-corrected chi connectivity index (χ3v) is 3.09. The maximum absolute atomic E-state index is 5.57. The Kier molecular flexibility index (Phi) is 6.78. The average molecular weight is 315 g/mol. The van der Waals surface area contributed by atoms with Crippen LogP contribution in [0.15, 0.2) is 53.7 Å². The van der Waals surface area contributed by atoms with Crippen LogP contribution in [0.4, 0.5) is 0 Å². The van der Waals surface area contributed by atoms with E-state index < -0.39 is 0 Å². The highest BCUT2D eigenvalue weighted by atomic mass is 16.6. The van der Waals surface area contributed by atoms with Crippen molar-refractivity contribution in [3.05, 3.63) is 54.1 Å². The zero-order valence-electron chi connectivity index (χ0n) is 13.4. The van der Waals surface area contributed by atoms with Crippen molar-refractivity contribution < 1.29 is 19.0 Å². The molecule has 2 aromatic carbocycles. The van der Waals surface area contributed by atoms with Crippen LogP contribution in [0.5, 0.6) is 17.2 Å². The molecule has 0 unspecified atom stereocenters. The number of hydrogen-bond donors (Lipinski definition) is 0. The van der Waals surface area contributed by atoms with E-state index in [0.29, 0.717) is 24.7 Å². The molecule has 5 heteroatoms. The van der Waals surface area contributed by atoms with E-state index in [1.165, 1.54) is 0 Å². The molecule has 0 amide bonds. The second-order valence-electron chi connectivity index (χ2n) is 4.67. The SMILES string of the molecule is COc1cccc(C=NOCCCOc2ccccc2)c1OC. The fourth-order valence-corrected chi connectivity index (χ4v) is 1.99. The predicted octanol–water partition coefficient (Wildman–Crippen LogP) is 3.52. The molecule has 0 heterocycles. The molecule has 0 fully saturated rings. The maximum Gasteiger partial charge on any atom is 0.169 e. The zero-order chi connectivity index (χ0) is 16.3. The summed E-state index contributed by atoms with van der Waals surface area (Å²) < 4.78 is 16.1. The molecule has 0 saturated heterocycles. The van der Waals surface area contributed by atoms with Crippen molar-refractivity contribution in [1.29, 1.82) is 0 Å². The van der Waals surface area contributed by atoms with Crippen molar-refractivity contribution in [2.45, 2.75) is 6.42 Å². The van der Waals surface area contributed by atoms with Gasteiger partial charge < -0.3 is 19.0 Å². The Balaban J connectivity index is 1.73. The molecule has 0 aliphatic carbocycles. The van der Waals surface area contributed by atoms with Crippen LogP contribution >= 0.6 is 0 Å². The highest BCUT2D eigenvalue weighted by Gasteiger charge is 2.07. The quantitative estimate of drug-likeness (QED) is 0.403. The van der Waals surface area contributed by atoms with Gasteiger partial charge in [0.1, 0.15) is 12.4 Å². The van der Waals surface area contributed by atoms with Gasteiger partial charge in [0.15, 0.2) is 11.5 Å². The maximum atomic E-state index is 5.57. The van der Waals surface area contributed by atoms with Gasteiger partial charge in [-0.1, -0.05) is 29.4 Å². The van der Waals surface area contributed by atoms with Gasteiger partial charge in [-0.15, -0.1) is 0 Å². The first kappa shape index (κ1) is 16.7. The molecule has 0 aliphatic heterocycles. The Bertz CT molecular complexity index is 614. The minimum Gasteiger partial charge on any atom is -0.493 e. The summed E-state index contributed by atoms with van der Waals surface area (Å²) in [6.45, 7) is 1.07. The first-order chi connectivity index (χ1) is 11.3. The summed E-state index contributed by atoms with van der Waals surface area (Å²) in [4.78, 5) is 5.24. The Morgan fingerprint density at radius 3 is 2.48 bits per heavy atom. The Morgan fingerprint density at radius 1 is 0.913 bits per heavy atom. The first-order valence-electron chi connectivity index (χ1n) is 7.39. The van der Waals surface area contributed by atoms with Crippen molar-refractivity contribution >= 4 is 6.21 Å². The van der Waals surface area contributed by atoms with E-state index in [1.807, 2.05) is 48.5 Å². The molecule has 0 atom stereocenters. The molecule has 0 aliphatic rings. The second-order valence-corrected chi connectivity index (χ2v) is 4.67. The number of ether oxygens (including phenoxy) is 3. The molecule has 0 radical (unpaired) electrons. The van der Waals surface area contributed by atoms with Gasteiger partial charge in [-0.05, 0) is 24.3 Å². The molecule has 122 valence electrons. The third-order valence-electron chi connectivity index (χ3n) is 3.09. The largest absolute Gasteiger partial charge is 0.493 e. The number of hydrogen-bond acceptors (Lipinski definition) is 5. The fourth-order valence-electron chi connectivity index (χ4n) is 1.99. The molecule has 0 spiro atoms. The molecule has 0 saturated carbocycles. The van der Waals surface area contributed by atoms with Crippen molar-refractivity contribution in [3.8, 4) is 17.2 Å². The van der Waals surface area contributed by atoms with Gasteiger partial charge in [0.05, 0.1) is 27.0 Å². The highest BCUT2D eigenvalue weighted by Crippen LogP contribution is 2.29. The van der Waals surface area contributed by atoms with E-state index in [9.17, 15) is 0 Å². The van der Waals surface area contributed by atoms with E-state index in [-0.39, 0.29) is 0 Å². The molecule has 2 aromatic rings.